The molecule has 0 saturated heterocycles. The molecule has 0 unspecified atom stereocenters. The Morgan fingerprint density at radius 3 is 2.48 bits per heavy atom. The summed E-state index contributed by atoms with van der Waals surface area (Å²) in [5, 5.41) is 6.62. The van der Waals surface area contributed by atoms with Crippen molar-refractivity contribution in [3.8, 4) is 11.5 Å². The topological polar surface area (TPSA) is 64.1 Å². The third kappa shape index (κ3) is 9.74. The second kappa shape index (κ2) is 15.1. The molecule has 1 aromatic rings. The molecule has 0 aromatic heterocycles. The summed E-state index contributed by atoms with van der Waals surface area (Å²) < 4.78 is 15.7. The van der Waals surface area contributed by atoms with Crippen LogP contribution in [0.15, 0.2) is 23.2 Å². The van der Waals surface area contributed by atoms with Crippen molar-refractivity contribution >= 4 is 29.9 Å². The molecule has 6 nitrogen and oxygen atoms in total. The minimum absolute atomic E-state index is 0. The van der Waals surface area contributed by atoms with Crippen LogP contribution in [0.1, 0.15) is 31.7 Å². The van der Waals surface area contributed by atoms with Crippen LogP contribution in [0.2, 0.25) is 0 Å². The number of nitrogens with one attached hydrogen (secondary N) is 2. The Bertz CT molecular complexity index is 498. The molecule has 7 heteroatoms. The number of unbranched alkanes of at least 4 members (excludes halogenated alkanes) is 2. The van der Waals surface area contributed by atoms with Gasteiger partial charge in [-0.25, -0.2) is 4.99 Å². The van der Waals surface area contributed by atoms with E-state index in [9.17, 15) is 0 Å². The van der Waals surface area contributed by atoms with Crippen LogP contribution in [0.25, 0.3) is 0 Å². The minimum Gasteiger partial charge on any atom is -0.497 e. The van der Waals surface area contributed by atoms with Crippen molar-refractivity contribution in [3.63, 3.8) is 0 Å². The Kier molecular flexibility index (Phi) is 14.3. The van der Waals surface area contributed by atoms with E-state index in [1.807, 2.05) is 18.2 Å². The van der Waals surface area contributed by atoms with Crippen molar-refractivity contribution in [2.45, 2.75) is 32.7 Å². The van der Waals surface area contributed by atoms with Crippen molar-refractivity contribution in [1.29, 1.82) is 0 Å². The maximum Gasteiger partial charge on any atom is 0.191 e. The third-order valence-electron chi connectivity index (χ3n) is 3.56. The number of hydrogen-bond acceptors (Lipinski definition) is 4. The van der Waals surface area contributed by atoms with Crippen molar-refractivity contribution in [2.24, 2.45) is 4.99 Å². The van der Waals surface area contributed by atoms with Gasteiger partial charge in [-0.1, -0.05) is 0 Å². The Morgan fingerprint density at radius 1 is 1.04 bits per heavy atom. The van der Waals surface area contributed by atoms with Crippen LogP contribution in [0.3, 0.4) is 0 Å². The molecule has 0 heterocycles. The van der Waals surface area contributed by atoms with Crippen molar-refractivity contribution in [1.82, 2.24) is 10.6 Å². The summed E-state index contributed by atoms with van der Waals surface area (Å²) >= 11 is 0. The SMILES string of the molecule is CCNC(=NCc1ccc(OC)cc1OC)NCCCCCOC.I. The maximum atomic E-state index is 5.41. The highest BCUT2D eigenvalue weighted by atomic mass is 127. The van der Waals surface area contributed by atoms with Gasteiger partial charge in [-0.3, -0.25) is 0 Å². The molecule has 0 aliphatic rings. The van der Waals surface area contributed by atoms with Crippen LogP contribution in [0.5, 0.6) is 11.5 Å². The first kappa shape index (κ1) is 23.8. The molecule has 0 spiro atoms. The number of rotatable bonds is 11. The molecule has 0 atom stereocenters. The average molecular weight is 465 g/mol. The van der Waals surface area contributed by atoms with Crippen LogP contribution in [-0.2, 0) is 11.3 Å². The van der Waals surface area contributed by atoms with E-state index in [4.69, 9.17) is 14.2 Å². The van der Waals surface area contributed by atoms with Gasteiger partial charge in [0.05, 0.1) is 20.8 Å². The van der Waals surface area contributed by atoms with Gasteiger partial charge in [0.15, 0.2) is 5.96 Å². The largest absolute Gasteiger partial charge is 0.497 e. The minimum atomic E-state index is 0. The zero-order valence-electron chi connectivity index (χ0n) is 15.8. The van der Waals surface area contributed by atoms with E-state index in [0.29, 0.717) is 6.54 Å². The predicted octanol–water partition coefficient (Wildman–Crippen LogP) is 3.19. The van der Waals surface area contributed by atoms with Crippen molar-refractivity contribution < 1.29 is 14.2 Å². The maximum absolute atomic E-state index is 5.41. The van der Waals surface area contributed by atoms with Crippen LogP contribution < -0.4 is 20.1 Å². The number of ether oxygens (including phenoxy) is 3. The van der Waals surface area contributed by atoms with Gasteiger partial charge in [0.25, 0.3) is 0 Å². The number of nitrogens with zero attached hydrogens (tertiary/aromatic N) is 1. The monoisotopic (exact) mass is 465 g/mol. The lowest BCUT2D eigenvalue weighted by atomic mass is 10.2. The van der Waals surface area contributed by atoms with E-state index in [2.05, 4.69) is 22.5 Å². The van der Waals surface area contributed by atoms with Gasteiger partial charge in [0, 0.05) is 38.4 Å². The number of guanidine groups is 1. The van der Waals surface area contributed by atoms with Crippen LogP contribution >= 0.6 is 24.0 Å². The molecule has 1 rings (SSSR count). The third-order valence-corrected chi connectivity index (χ3v) is 3.56. The van der Waals surface area contributed by atoms with Gasteiger partial charge in [0.1, 0.15) is 11.5 Å². The first-order valence-electron chi connectivity index (χ1n) is 8.47. The van der Waals surface area contributed by atoms with E-state index in [-0.39, 0.29) is 24.0 Å². The fourth-order valence-electron chi connectivity index (χ4n) is 2.24. The predicted molar refractivity (Wildman–Crippen MR) is 114 cm³/mol. The molecule has 0 fully saturated rings. The summed E-state index contributed by atoms with van der Waals surface area (Å²) in [7, 11) is 5.04. The molecule has 0 saturated carbocycles. The van der Waals surface area contributed by atoms with E-state index in [0.717, 1.165) is 62.0 Å². The first-order valence-corrected chi connectivity index (χ1v) is 8.47. The number of hydrogen-bond donors (Lipinski definition) is 2. The van der Waals surface area contributed by atoms with Gasteiger partial charge in [-0.05, 0) is 38.3 Å². The molecular weight excluding hydrogens is 433 g/mol. The standard InChI is InChI=1S/C18H31N3O3.HI/c1-5-19-18(20-11-7-6-8-12-22-2)21-14-15-9-10-16(23-3)13-17(15)24-4;/h9-10,13H,5-8,11-12,14H2,1-4H3,(H2,19,20,21);1H. The lowest BCUT2D eigenvalue weighted by molar-refractivity contribution is 0.192. The Hall–Kier alpha value is -1.22. The summed E-state index contributed by atoms with van der Waals surface area (Å²) in [6.07, 6.45) is 3.33. The fraction of sp³-hybridized carbons (Fsp3) is 0.611. The lowest BCUT2D eigenvalue weighted by Crippen LogP contribution is -2.37. The Balaban J connectivity index is 0.00000576. The van der Waals surface area contributed by atoms with Crippen molar-refractivity contribution in [2.75, 3.05) is 41.0 Å². The van der Waals surface area contributed by atoms with Crippen LogP contribution in [0, 0.1) is 0 Å². The molecule has 144 valence electrons. The second-order valence-electron chi connectivity index (χ2n) is 5.35. The number of halogens is 1. The molecule has 0 aliphatic heterocycles. The van der Waals surface area contributed by atoms with Gasteiger partial charge in [-0.15, -0.1) is 24.0 Å². The molecule has 0 amide bonds. The second-order valence-corrected chi connectivity index (χ2v) is 5.35. The molecule has 1 aromatic carbocycles. The van der Waals surface area contributed by atoms with Gasteiger partial charge in [-0.2, -0.15) is 0 Å². The zero-order valence-corrected chi connectivity index (χ0v) is 18.1. The zero-order chi connectivity index (χ0) is 17.6. The number of benzene rings is 1. The van der Waals surface area contributed by atoms with Crippen LogP contribution in [-0.4, -0.2) is 47.0 Å². The fourth-order valence-corrected chi connectivity index (χ4v) is 2.24. The summed E-state index contributed by atoms with van der Waals surface area (Å²) in [4.78, 5) is 4.63. The summed E-state index contributed by atoms with van der Waals surface area (Å²) in [6, 6.07) is 5.78. The van der Waals surface area contributed by atoms with E-state index in [1.54, 1.807) is 21.3 Å². The number of aliphatic imine (C=N–C) groups is 1. The van der Waals surface area contributed by atoms with E-state index in [1.165, 1.54) is 0 Å². The highest BCUT2D eigenvalue weighted by molar-refractivity contribution is 14.0. The summed E-state index contributed by atoms with van der Waals surface area (Å²) in [5.41, 5.74) is 1.02. The lowest BCUT2D eigenvalue weighted by Gasteiger charge is -2.12. The molecule has 0 radical (unpaired) electrons. The van der Waals surface area contributed by atoms with Gasteiger partial charge in [0.2, 0.25) is 0 Å². The Labute approximate surface area is 168 Å². The average Bonchev–Trinajstić information content (AvgIpc) is 2.62. The molecule has 25 heavy (non-hydrogen) atoms. The van der Waals surface area contributed by atoms with E-state index < -0.39 is 0 Å². The van der Waals surface area contributed by atoms with Gasteiger partial charge < -0.3 is 24.8 Å². The molecule has 2 N–H and O–H groups in total. The Morgan fingerprint density at radius 2 is 1.84 bits per heavy atom. The molecule has 0 aliphatic carbocycles. The van der Waals surface area contributed by atoms with Crippen LogP contribution in [0.4, 0.5) is 0 Å². The summed E-state index contributed by atoms with van der Waals surface area (Å²) in [5.74, 6) is 2.39. The highest BCUT2D eigenvalue weighted by Crippen LogP contribution is 2.25. The van der Waals surface area contributed by atoms with Crippen molar-refractivity contribution in [3.05, 3.63) is 23.8 Å². The smallest absolute Gasteiger partial charge is 0.191 e. The summed E-state index contributed by atoms with van der Waals surface area (Å²) in [6.45, 7) is 5.16. The van der Waals surface area contributed by atoms with Gasteiger partial charge >= 0.3 is 0 Å². The highest BCUT2D eigenvalue weighted by Gasteiger charge is 2.05. The van der Waals surface area contributed by atoms with E-state index >= 15 is 0 Å². The molecular formula is C18H32IN3O3. The first-order chi connectivity index (χ1) is 11.7. The normalized spacial score (nSPS) is 10.8. The quantitative estimate of drug-likeness (QED) is 0.228. The number of methoxy groups -OCH3 is 3. The molecule has 0 bridgehead atoms.